The van der Waals surface area contributed by atoms with Crippen LogP contribution in [0.15, 0.2) is 4.99 Å². The van der Waals surface area contributed by atoms with E-state index in [2.05, 4.69) is 51.2 Å². The summed E-state index contributed by atoms with van der Waals surface area (Å²) >= 11 is 0. The second kappa shape index (κ2) is 5.59. The van der Waals surface area contributed by atoms with Crippen LogP contribution in [-0.2, 0) is 19.5 Å². The molecule has 0 atom stereocenters. The van der Waals surface area contributed by atoms with E-state index < -0.39 is 0 Å². The van der Waals surface area contributed by atoms with Crippen LogP contribution in [0.2, 0.25) is 0 Å². The van der Waals surface area contributed by atoms with Gasteiger partial charge in [0.2, 0.25) is 0 Å². The van der Waals surface area contributed by atoms with Crippen molar-refractivity contribution in [2.24, 2.45) is 4.99 Å². The maximum absolute atomic E-state index is 4.27. The van der Waals surface area contributed by atoms with E-state index in [1.54, 1.807) is 7.05 Å². The molecule has 0 aliphatic carbocycles. The van der Waals surface area contributed by atoms with Crippen molar-refractivity contribution in [3.05, 3.63) is 11.6 Å². The first-order valence-electron chi connectivity index (χ1n) is 6.89. The number of hydrogen-bond acceptors (Lipinski definition) is 3. The molecule has 2 rings (SSSR count). The van der Waals surface area contributed by atoms with E-state index in [9.17, 15) is 0 Å². The van der Waals surface area contributed by atoms with Gasteiger partial charge in [-0.05, 0) is 33.6 Å². The molecule has 6 heteroatoms. The normalized spacial score (nSPS) is 16.1. The van der Waals surface area contributed by atoms with Gasteiger partial charge >= 0.3 is 0 Å². The highest BCUT2D eigenvalue weighted by Crippen LogP contribution is 2.13. The number of nitrogens with one attached hydrogen (secondary N) is 2. The molecule has 0 radical (unpaired) electrons. The first kappa shape index (κ1) is 13.8. The minimum absolute atomic E-state index is 0.00782. The molecule has 19 heavy (non-hydrogen) atoms. The third kappa shape index (κ3) is 3.68. The molecule has 6 nitrogen and oxygen atoms in total. The molecule has 0 bridgehead atoms. The van der Waals surface area contributed by atoms with Crippen molar-refractivity contribution in [1.29, 1.82) is 0 Å². The molecule has 2 N–H and O–H groups in total. The Kier molecular flexibility index (Phi) is 4.07. The largest absolute Gasteiger partial charge is 0.352 e. The van der Waals surface area contributed by atoms with Gasteiger partial charge in [0.15, 0.2) is 11.8 Å². The number of rotatable bonds is 2. The molecular weight excluding hydrogens is 240 g/mol. The zero-order valence-corrected chi connectivity index (χ0v) is 12.3. The molecule has 0 saturated carbocycles. The van der Waals surface area contributed by atoms with Crippen LogP contribution in [0.3, 0.4) is 0 Å². The topological polar surface area (TPSA) is 67.1 Å². The van der Waals surface area contributed by atoms with Crippen molar-refractivity contribution in [2.45, 2.75) is 58.7 Å². The van der Waals surface area contributed by atoms with Gasteiger partial charge in [-0.25, -0.2) is 0 Å². The van der Waals surface area contributed by atoms with Gasteiger partial charge in [0.05, 0.1) is 6.54 Å². The predicted molar refractivity (Wildman–Crippen MR) is 76.0 cm³/mol. The average molecular weight is 264 g/mol. The smallest absolute Gasteiger partial charge is 0.191 e. The van der Waals surface area contributed by atoms with Crippen LogP contribution in [0.5, 0.6) is 0 Å². The van der Waals surface area contributed by atoms with Crippen LogP contribution in [0.1, 0.15) is 45.3 Å². The average Bonchev–Trinajstić information content (AvgIpc) is 2.76. The highest BCUT2D eigenvalue weighted by molar-refractivity contribution is 5.80. The summed E-state index contributed by atoms with van der Waals surface area (Å²) in [6, 6.07) is 0. The molecule has 2 heterocycles. The molecule has 106 valence electrons. The molecule has 1 aliphatic heterocycles. The highest BCUT2D eigenvalue weighted by Gasteiger charge is 2.16. The van der Waals surface area contributed by atoms with Crippen LogP contribution in [0.4, 0.5) is 0 Å². The molecule has 0 aromatic carbocycles. The number of fused-ring (bicyclic) bond motifs is 1. The molecule has 0 unspecified atom stereocenters. The van der Waals surface area contributed by atoms with Crippen molar-refractivity contribution in [3.63, 3.8) is 0 Å². The van der Waals surface area contributed by atoms with E-state index in [-0.39, 0.29) is 5.54 Å². The first-order chi connectivity index (χ1) is 8.99. The van der Waals surface area contributed by atoms with Crippen LogP contribution < -0.4 is 10.6 Å². The van der Waals surface area contributed by atoms with Crippen molar-refractivity contribution >= 4 is 5.96 Å². The first-order valence-corrected chi connectivity index (χ1v) is 6.89. The highest BCUT2D eigenvalue weighted by atomic mass is 15.3. The Morgan fingerprint density at radius 2 is 2.11 bits per heavy atom. The number of guanidine groups is 1. The molecule has 0 fully saturated rings. The third-order valence-corrected chi connectivity index (χ3v) is 3.07. The fraction of sp³-hybridized carbons (Fsp3) is 0.769. The van der Waals surface area contributed by atoms with Gasteiger partial charge in [-0.3, -0.25) is 4.99 Å². The summed E-state index contributed by atoms with van der Waals surface area (Å²) in [5.41, 5.74) is -0.00782. The second-order valence-corrected chi connectivity index (χ2v) is 5.94. The van der Waals surface area contributed by atoms with E-state index in [0.29, 0.717) is 6.54 Å². The van der Waals surface area contributed by atoms with Crippen molar-refractivity contribution in [1.82, 2.24) is 25.4 Å². The molecule has 1 aliphatic rings. The Balaban J connectivity index is 1.96. The van der Waals surface area contributed by atoms with Crippen LogP contribution in [0.25, 0.3) is 0 Å². The predicted octanol–water partition coefficient (Wildman–Crippen LogP) is 1.08. The van der Waals surface area contributed by atoms with Crippen molar-refractivity contribution < 1.29 is 0 Å². The van der Waals surface area contributed by atoms with Gasteiger partial charge in [-0.15, -0.1) is 10.2 Å². The maximum atomic E-state index is 4.27. The number of aryl methyl sites for hydroxylation is 1. The minimum atomic E-state index is -0.00782. The lowest BCUT2D eigenvalue weighted by Crippen LogP contribution is -2.47. The standard InChI is InChI=1S/C13H24N6/c1-13(2,3)16-12(14-4)15-9-11-18-17-10-7-5-6-8-19(10)11/h5-9H2,1-4H3,(H2,14,15,16). The summed E-state index contributed by atoms with van der Waals surface area (Å²) in [6.07, 6.45) is 3.48. The Morgan fingerprint density at radius 3 is 2.79 bits per heavy atom. The van der Waals surface area contributed by atoms with Gasteiger partial charge in [0.1, 0.15) is 5.82 Å². The number of aromatic nitrogens is 3. The van der Waals surface area contributed by atoms with E-state index in [0.717, 1.165) is 30.6 Å². The van der Waals surface area contributed by atoms with Gasteiger partial charge < -0.3 is 15.2 Å². The minimum Gasteiger partial charge on any atom is -0.352 e. The number of hydrogen-bond donors (Lipinski definition) is 2. The van der Waals surface area contributed by atoms with Gasteiger partial charge in [-0.1, -0.05) is 0 Å². The lowest BCUT2D eigenvalue weighted by atomic mass is 10.1. The third-order valence-electron chi connectivity index (χ3n) is 3.07. The summed E-state index contributed by atoms with van der Waals surface area (Å²) < 4.78 is 2.22. The van der Waals surface area contributed by atoms with E-state index in [1.807, 2.05) is 0 Å². The summed E-state index contributed by atoms with van der Waals surface area (Å²) in [7, 11) is 1.78. The molecule has 0 saturated heterocycles. The lowest BCUT2D eigenvalue weighted by Gasteiger charge is -2.23. The monoisotopic (exact) mass is 264 g/mol. The number of aliphatic imine (C=N–C) groups is 1. The fourth-order valence-electron chi connectivity index (χ4n) is 2.20. The summed E-state index contributed by atoms with van der Waals surface area (Å²) in [5, 5.41) is 15.1. The molecule has 0 amide bonds. The molecule has 1 aromatic rings. The van der Waals surface area contributed by atoms with Crippen molar-refractivity contribution in [3.8, 4) is 0 Å². The zero-order chi connectivity index (χ0) is 13.9. The molecule has 1 aromatic heterocycles. The molecule has 0 spiro atoms. The Hall–Kier alpha value is -1.59. The summed E-state index contributed by atoms with van der Waals surface area (Å²) in [6.45, 7) is 8.02. The lowest BCUT2D eigenvalue weighted by molar-refractivity contribution is 0.491. The van der Waals surface area contributed by atoms with Crippen LogP contribution >= 0.6 is 0 Å². The number of nitrogens with zero attached hydrogens (tertiary/aromatic N) is 4. The second-order valence-electron chi connectivity index (χ2n) is 5.94. The van der Waals surface area contributed by atoms with Crippen LogP contribution in [0, 0.1) is 0 Å². The fourth-order valence-corrected chi connectivity index (χ4v) is 2.20. The Labute approximate surface area is 114 Å². The summed E-state index contributed by atoms with van der Waals surface area (Å²) in [4.78, 5) is 4.22. The van der Waals surface area contributed by atoms with Gasteiger partial charge in [0.25, 0.3) is 0 Å². The van der Waals surface area contributed by atoms with Gasteiger partial charge in [-0.2, -0.15) is 0 Å². The Morgan fingerprint density at radius 1 is 1.32 bits per heavy atom. The van der Waals surface area contributed by atoms with Crippen molar-refractivity contribution in [2.75, 3.05) is 7.05 Å². The van der Waals surface area contributed by atoms with Gasteiger partial charge in [0, 0.05) is 25.6 Å². The maximum Gasteiger partial charge on any atom is 0.191 e. The quantitative estimate of drug-likeness (QED) is 0.619. The Bertz CT molecular complexity index is 454. The van der Waals surface area contributed by atoms with E-state index in [4.69, 9.17) is 0 Å². The summed E-state index contributed by atoms with van der Waals surface area (Å²) in [5.74, 6) is 2.90. The SMILES string of the molecule is CN=C(NCc1nnc2n1CCCC2)NC(C)(C)C. The molecular formula is C13H24N6. The zero-order valence-electron chi connectivity index (χ0n) is 12.3. The van der Waals surface area contributed by atoms with E-state index >= 15 is 0 Å². The van der Waals surface area contributed by atoms with E-state index in [1.165, 1.54) is 12.8 Å². The van der Waals surface area contributed by atoms with Crippen LogP contribution in [-0.4, -0.2) is 33.3 Å².